The van der Waals surface area contributed by atoms with Gasteiger partial charge in [0, 0.05) is 0 Å². The Hall–Kier alpha value is -1.27. The van der Waals surface area contributed by atoms with Crippen molar-refractivity contribution < 1.29 is 18.3 Å². The largest absolute Gasteiger partial charge is 0.495 e. The molecule has 5 nitrogen and oxygen atoms in total. The highest BCUT2D eigenvalue weighted by Gasteiger charge is 2.21. The maximum absolute atomic E-state index is 11.5. The standard InChI is InChI=1S/C9H13NO4S/c1-6(11)15(12,13)7-3-4-9(14-2)8(10)5-7/h3-6,11H,10H2,1-2H3. The van der Waals surface area contributed by atoms with Crippen LogP contribution in [0.15, 0.2) is 23.1 Å². The third-order valence-corrected chi connectivity index (χ3v) is 3.79. The number of nitrogens with two attached hydrogens (primary N) is 1. The van der Waals surface area contributed by atoms with E-state index in [1.54, 1.807) is 0 Å². The summed E-state index contributed by atoms with van der Waals surface area (Å²) in [5.41, 5.74) is 4.33. The van der Waals surface area contributed by atoms with Crippen molar-refractivity contribution in [2.24, 2.45) is 0 Å². The summed E-state index contributed by atoms with van der Waals surface area (Å²) in [6.45, 7) is 1.19. The third kappa shape index (κ3) is 2.21. The number of sulfone groups is 1. The highest BCUT2D eigenvalue weighted by Crippen LogP contribution is 2.25. The van der Waals surface area contributed by atoms with Crippen LogP contribution in [0.2, 0.25) is 0 Å². The van der Waals surface area contributed by atoms with Crippen LogP contribution in [-0.4, -0.2) is 26.1 Å². The number of anilines is 1. The van der Waals surface area contributed by atoms with Gasteiger partial charge in [0.25, 0.3) is 0 Å². The van der Waals surface area contributed by atoms with Gasteiger partial charge in [-0.1, -0.05) is 0 Å². The monoisotopic (exact) mass is 231 g/mol. The summed E-state index contributed by atoms with van der Waals surface area (Å²) >= 11 is 0. The van der Waals surface area contributed by atoms with Crippen LogP contribution in [0.25, 0.3) is 0 Å². The van der Waals surface area contributed by atoms with Crippen LogP contribution >= 0.6 is 0 Å². The van der Waals surface area contributed by atoms with Crippen molar-refractivity contribution in [2.45, 2.75) is 17.3 Å². The molecule has 84 valence electrons. The van der Waals surface area contributed by atoms with Gasteiger partial charge in [-0.3, -0.25) is 0 Å². The first-order valence-corrected chi connectivity index (χ1v) is 5.79. The molecule has 0 heterocycles. The Morgan fingerprint density at radius 2 is 2.07 bits per heavy atom. The molecule has 3 N–H and O–H groups in total. The lowest BCUT2D eigenvalue weighted by molar-refractivity contribution is 0.268. The predicted octanol–water partition coefficient (Wildman–Crippen LogP) is 0.389. The molecule has 1 rings (SSSR count). The Morgan fingerprint density at radius 1 is 1.47 bits per heavy atom. The Kier molecular flexibility index (Phi) is 3.21. The molecule has 0 bridgehead atoms. The van der Waals surface area contributed by atoms with Crippen LogP contribution < -0.4 is 10.5 Å². The molecule has 0 spiro atoms. The summed E-state index contributed by atoms with van der Waals surface area (Å²) in [7, 11) is -2.27. The minimum atomic E-state index is -3.70. The number of hydrogen-bond donors (Lipinski definition) is 2. The van der Waals surface area contributed by atoms with Crippen LogP contribution in [0.1, 0.15) is 6.92 Å². The normalized spacial score (nSPS) is 13.5. The average molecular weight is 231 g/mol. The van der Waals surface area contributed by atoms with Gasteiger partial charge in [0.1, 0.15) is 5.75 Å². The highest BCUT2D eigenvalue weighted by molar-refractivity contribution is 7.91. The quantitative estimate of drug-likeness (QED) is 0.734. The van der Waals surface area contributed by atoms with E-state index in [0.717, 1.165) is 0 Å². The van der Waals surface area contributed by atoms with Crippen LogP contribution in [0.5, 0.6) is 5.75 Å². The van der Waals surface area contributed by atoms with Crippen molar-refractivity contribution in [1.82, 2.24) is 0 Å². The molecular formula is C9H13NO4S. The van der Waals surface area contributed by atoms with Crippen molar-refractivity contribution in [2.75, 3.05) is 12.8 Å². The topological polar surface area (TPSA) is 89.6 Å². The summed E-state index contributed by atoms with van der Waals surface area (Å²) in [5.74, 6) is 0.402. The summed E-state index contributed by atoms with van der Waals surface area (Å²) in [4.78, 5) is -0.0178. The Morgan fingerprint density at radius 3 is 2.47 bits per heavy atom. The smallest absolute Gasteiger partial charge is 0.204 e. The van der Waals surface area contributed by atoms with Gasteiger partial charge in [-0.2, -0.15) is 0 Å². The highest BCUT2D eigenvalue weighted by atomic mass is 32.2. The number of ether oxygens (including phenoxy) is 1. The van der Waals surface area contributed by atoms with Gasteiger partial charge < -0.3 is 15.6 Å². The SMILES string of the molecule is COc1ccc(S(=O)(=O)C(C)O)cc1N. The van der Waals surface area contributed by atoms with Gasteiger partial charge >= 0.3 is 0 Å². The van der Waals surface area contributed by atoms with Crippen molar-refractivity contribution in [3.8, 4) is 5.75 Å². The molecule has 0 saturated carbocycles. The minimum Gasteiger partial charge on any atom is -0.495 e. The fraction of sp³-hybridized carbons (Fsp3) is 0.333. The molecule has 6 heteroatoms. The minimum absolute atomic E-state index is 0.0178. The van der Waals surface area contributed by atoms with Gasteiger partial charge in [0.05, 0.1) is 17.7 Å². The van der Waals surface area contributed by atoms with E-state index < -0.39 is 15.3 Å². The molecular weight excluding hydrogens is 218 g/mol. The van der Waals surface area contributed by atoms with Gasteiger partial charge in [0.2, 0.25) is 9.84 Å². The van der Waals surface area contributed by atoms with Gasteiger partial charge in [0.15, 0.2) is 5.44 Å². The van der Waals surface area contributed by atoms with Crippen molar-refractivity contribution in [3.63, 3.8) is 0 Å². The number of aliphatic hydroxyl groups excluding tert-OH is 1. The van der Waals surface area contributed by atoms with Crippen molar-refractivity contribution >= 4 is 15.5 Å². The van der Waals surface area contributed by atoms with Gasteiger partial charge in [-0.15, -0.1) is 0 Å². The van der Waals surface area contributed by atoms with E-state index >= 15 is 0 Å². The zero-order valence-electron chi connectivity index (χ0n) is 8.47. The number of rotatable bonds is 3. The maximum Gasteiger partial charge on any atom is 0.204 e. The number of hydrogen-bond acceptors (Lipinski definition) is 5. The lowest BCUT2D eigenvalue weighted by Crippen LogP contribution is -2.17. The maximum atomic E-state index is 11.5. The second-order valence-electron chi connectivity index (χ2n) is 3.05. The molecule has 0 saturated heterocycles. The lowest BCUT2D eigenvalue weighted by atomic mass is 10.3. The lowest BCUT2D eigenvalue weighted by Gasteiger charge is -2.09. The number of aliphatic hydroxyl groups is 1. The van der Waals surface area contributed by atoms with Crippen molar-refractivity contribution in [3.05, 3.63) is 18.2 Å². The molecule has 0 radical (unpaired) electrons. The molecule has 0 aliphatic heterocycles. The predicted molar refractivity (Wildman–Crippen MR) is 56.3 cm³/mol. The van der Waals surface area contributed by atoms with Gasteiger partial charge in [-0.25, -0.2) is 8.42 Å². The third-order valence-electron chi connectivity index (χ3n) is 1.98. The molecule has 0 fully saturated rings. The molecule has 0 aliphatic rings. The number of benzene rings is 1. The zero-order chi connectivity index (χ0) is 11.6. The fourth-order valence-electron chi connectivity index (χ4n) is 1.09. The number of nitrogen functional groups attached to an aromatic ring is 1. The molecule has 0 aliphatic carbocycles. The first kappa shape index (κ1) is 11.8. The second kappa shape index (κ2) is 4.08. The molecule has 1 aromatic rings. The van der Waals surface area contributed by atoms with E-state index in [-0.39, 0.29) is 10.6 Å². The molecule has 1 aromatic carbocycles. The summed E-state index contributed by atoms with van der Waals surface area (Å²) in [5, 5.41) is 9.09. The number of methoxy groups -OCH3 is 1. The Labute approximate surface area is 88.4 Å². The Bertz CT molecular complexity index is 453. The van der Waals surface area contributed by atoms with E-state index in [1.807, 2.05) is 0 Å². The summed E-state index contributed by atoms with van der Waals surface area (Å²) in [6.07, 6.45) is 0. The van der Waals surface area contributed by atoms with Crippen LogP contribution in [0.3, 0.4) is 0 Å². The molecule has 1 atom stereocenters. The molecule has 15 heavy (non-hydrogen) atoms. The van der Waals surface area contributed by atoms with E-state index in [0.29, 0.717) is 5.75 Å². The van der Waals surface area contributed by atoms with Crippen molar-refractivity contribution in [1.29, 1.82) is 0 Å². The second-order valence-corrected chi connectivity index (χ2v) is 5.29. The average Bonchev–Trinajstić information content (AvgIpc) is 2.17. The van der Waals surface area contributed by atoms with Gasteiger partial charge in [-0.05, 0) is 25.1 Å². The summed E-state index contributed by atoms with van der Waals surface area (Å²) < 4.78 is 28.0. The fourth-order valence-corrected chi connectivity index (χ4v) is 2.03. The van der Waals surface area contributed by atoms with E-state index in [9.17, 15) is 8.42 Å². The zero-order valence-corrected chi connectivity index (χ0v) is 9.28. The molecule has 0 aromatic heterocycles. The van der Waals surface area contributed by atoms with Crippen LogP contribution in [-0.2, 0) is 9.84 Å². The van der Waals surface area contributed by atoms with Crippen LogP contribution in [0, 0.1) is 0 Å². The summed E-state index contributed by atoms with van der Waals surface area (Å²) in [6, 6.07) is 4.06. The molecule has 0 amide bonds. The molecule has 1 unspecified atom stereocenters. The van der Waals surface area contributed by atoms with E-state index in [1.165, 1.54) is 32.2 Å². The van der Waals surface area contributed by atoms with E-state index in [2.05, 4.69) is 0 Å². The van der Waals surface area contributed by atoms with Crippen LogP contribution in [0.4, 0.5) is 5.69 Å². The first-order valence-electron chi connectivity index (χ1n) is 4.25. The Balaban J connectivity index is 3.25. The van der Waals surface area contributed by atoms with E-state index in [4.69, 9.17) is 15.6 Å². The first-order chi connectivity index (χ1) is 6.89.